The molecule has 1 atom stereocenters. The van der Waals surface area contributed by atoms with Gasteiger partial charge < -0.3 is 14.1 Å². The van der Waals surface area contributed by atoms with Crippen LogP contribution in [0.15, 0.2) is 38.3 Å². The minimum absolute atomic E-state index is 0.197. The summed E-state index contributed by atoms with van der Waals surface area (Å²) in [5, 5.41) is 1.37. The van der Waals surface area contributed by atoms with Crippen LogP contribution in [-0.2, 0) is 12.8 Å². The highest BCUT2D eigenvalue weighted by atomic mass is 32.1. The number of hydrogen-bond acceptors (Lipinski definition) is 6. The van der Waals surface area contributed by atoms with E-state index in [1.54, 1.807) is 23.5 Å². The molecule has 0 spiro atoms. The Hall–Kier alpha value is -2.93. The highest BCUT2D eigenvalue weighted by Crippen LogP contribution is 2.42. The van der Waals surface area contributed by atoms with Gasteiger partial charge in [0.2, 0.25) is 0 Å². The Bertz CT molecular complexity index is 1440. The first kappa shape index (κ1) is 20.0. The third-order valence-electron chi connectivity index (χ3n) is 6.34. The topological polar surface area (TPSA) is 85.2 Å². The summed E-state index contributed by atoms with van der Waals surface area (Å²) in [4.78, 5) is 35.2. The molecule has 5 rings (SSSR count). The molecule has 1 aliphatic rings. The van der Waals surface area contributed by atoms with E-state index < -0.39 is 5.63 Å². The van der Waals surface area contributed by atoms with E-state index in [9.17, 15) is 9.59 Å². The van der Waals surface area contributed by atoms with Crippen molar-refractivity contribution in [3.8, 4) is 17.1 Å². The summed E-state index contributed by atoms with van der Waals surface area (Å²) in [5.41, 5.74) is 1.20. The third-order valence-corrected chi connectivity index (χ3v) is 7.49. The number of aromatic nitrogens is 2. The summed E-state index contributed by atoms with van der Waals surface area (Å²) < 4.78 is 10.8. The minimum Gasteiger partial charge on any atom is -0.493 e. The first-order chi connectivity index (χ1) is 14.8. The Morgan fingerprint density at radius 3 is 2.81 bits per heavy atom. The summed E-state index contributed by atoms with van der Waals surface area (Å²) >= 11 is 1.57. The first-order valence-electron chi connectivity index (χ1n) is 10.4. The molecule has 160 valence electrons. The predicted octanol–water partition coefficient (Wildman–Crippen LogP) is 4.92. The second kappa shape index (κ2) is 7.05. The predicted molar refractivity (Wildman–Crippen MR) is 123 cm³/mol. The van der Waals surface area contributed by atoms with Crippen molar-refractivity contribution >= 4 is 32.5 Å². The average molecular weight is 437 g/mol. The number of thiophene rings is 1. The van der Waals surface area contributed by atoms with Gasteiger partial charge in [-0.1, -0.05) is 32.9 Å². The maximum absolute atomic E-state index is 13.0. The van der Waals surface area contributed by atoms with Crippen molar-refractivity contribution in [2.24, 2.45) is 11.3 Å². The number of aryl methyl sites for hydroxylation is 1. The molecule has 1 aliphatic carbocycles. The van der Waals surface area contributed by atoms with Gasteiger partial charge in [0, 0.05) is 10.3 Å². The van der Waals surface area contributed by atoms with Crippen LogP contribution in [0.1, 0.15) is 37.6 Å². The molecule has 7 heteroatoms. The number of H-pyrrole nitrogens is 1. The SMILES string of the molecule is COc1cccc2cc(-c3nc4sc5c(c4c(=O)[nH]3)CC[C@H](C(C)(C)C)C5)c(=O)oc12. The lowest BCUT2D eigenvalue weighted by Crippen LogP contribution is -2.26. The van der Waals surface area contributed by atoms with Gasteiger partial charge in [0.05, 0.1) is 12.5 Å². The van der Waals surface area contributed by atoms with Gasteiger partial charge in [-0.2, -0.15) is 0 Å². The monoisotopic (exact) mass is 436 g/mol. The summed E-state index contributed by atoms with van der Waals surface area (Å²) in [6.07, 6.45) is 2.92. The van der Waals surface area contributed by atoms with Crippen LogP contribution in [-0.4, -0.2) is 17.1 Å². The van der Waals surface area contributed by atoms with Gasteiger partial charge in [0.15, 0.2) is 11.3 Å². The van der Waals surface area contributed by atoms with Crippen LogP contribution >= 0.6 is 11.3 Å². The zero-order valence-corrected chi connectivity index (χ0v) is 18.8. The standard InChI is InChI=1S/C24H24N2O4S/c1-24(2,3)13-8-9-14-17(11-13)31-22-18(14)21(27)25-20(26-22)15-10-12-6-5-7-16(29-4)19(12)30-23(15)28/h5-7,10,13H,8-9,11H2,1-4H3,(H,25,26,27)/t13-/m0/s1. The molecule has 0 bridgehead atoms. The van der Waals surface area contributed by atoms with Crippen LogP contribution in [0.2, 0.25) is 0 Å². The lowest BCUT2D eigenvalue weighted by molar-refractivity contribution is 0.218. The number of fused-ring (bicyclic) bond motifs is 4. The third kappa shape index (κ3) is 3.28. The Labute approximate surface area is 182 Å². The maximum atomic E-state index is 13.0. The van der Waals surface area contributed by atoms with Gasteiger partial charge in [-0.25, -0.2) is 9.78 Å². The zero-order valence-electron chi connectivity index (χ0n) is 18.0. The van der Waals surface area contributed by atoms with Crippen molar-refractivity contribution in [2.75, 3.05) is 7.11 Å². The van der Waals surface area contributed by atoms with Crippen molar-refractivity contribution in [2.45, 2.75) is 40.0 Å². The molecule has 4 aromatic rings. The van der Waals surface area contributed by atoms with Gasteiger partial charge in [-0.3, -0.25) is 4.79 Å². The molecular weight excluding hydrogens is 412 g/mol. The number of rotatable bonds is 2. The highest BCUT2D eigenvalue weighted by Gasteiger charge is 2.31. The molecule has 3 heterocycles. The fourth-order valence-electron chi connectivity index (χ4n) is 4.49. The molecule has 31 heavy (non-hydrogen) atoms. The number of nitrogens with zero attached hydrogens (tertiary/aromatic N) is 1. The quantitative estimate of drug-likeness (QED) is 0.451. The fraction of sp³-hybridized carbons (Fsp3) is 0.375. The zero-order chi connectivity index (χ0) is 21.9. The van der Waals surface area contributed by atoms with E-state index in [4.69, 9.17) is 9.15 Å². The van der Waals surface area contributed by atoms with Crippen LogP contribution in [0.3, 0.4) is 0 Å². The van der Waals surface area contributed by atoms with Crippen LogP contribution in [0.4, 0.5) is 0 Å². The van der Waals surface area contributed by atoms with E-state index in [0.29, 0.717) is 32.9 Å². The number of aromatic amines is 1. The van der Waals surface area contributed by atoms with E-state index in [1.807, 2.05) is 12.1 Å². The molecule has 0 unspecified atom stereocenters. The van der Waals surface area contributed by atoms with Crippen LogP contribution in [0.25, 0.3) is 32.6 Å². The van der Waals surface area contributed by atoms with Crippen molar-refractivity contribution in [3.63, 3.8) is 0 Å². The second-order valence-corrected chi connectivity index (χ2v) is 10.3. The molecule has 6 nitrogen and oxygen atoms in total. The van der Waals surface area contributed by atoms with E-state index >= 15 is 0 Å². The molecule has 0 radical (unpaired) electrons. The lowest BCUT2D eigenvalue weighted by Gasteiger charge is -2.33. The van der Waals surface area contributed by atoms with E-state index in [0.717, 1.165) is 24.8 Å². The van der Waals surface area contributed by atoms with E-state index in [2.05, 4.69) is 30.7 Å². The Balaban J connectivity index is 1.65. The van der Waals surface area contributed by atoms with Gasteiger partial charge in [-0.15, -0.1) is 11.3 Å². The second-order valence-electron chi connectivity index (χ2n) is 9.23. The molecule has 3 aromatic heterocycles. The minimum atomic E-state index is -0.561. The van der Waals surface area contributed by atoms with Gasteiger partial charge in [0.1, 0.15) is 16.2 Å². The molecule has 0 saturated carbocycles. The number of nitrogens with one attached hydrogen (secondary N) is 1. The number of para-hydroxylation sites is 1. The fourth-order valence-corrected chi connectivity index (χ4v) is 5.79. The normalized spacial score (nSPS) is 16.6. The molecule has 0 aliphatic heterocycles. The van der Waals surface area contributed by atoms with Gasteiger partial charge >= 0.3 is 5.63 Å². The molecule has 0 saturated heterocycles. The molecule has 1 aromatic carbocycles. The van der Waals surface area contributed by atoms with Crippen molar-refractivity contribution in [3.05, 3.63) is 55.5 Å². The lowest BCUT2D eigenvalue weighted by atomic mass is 9.72. The van der Waals surface area contributed by atoms with Crippen LogP contribution in [0.5, 0.6) is 5.75 Å². The number of methoxy groups -OCH3 is 1. The Kier molecular flexibility index (Phi) is 4.55. The number of benzene rings is 1. The Morgan fingerprint density at radius 2 is 2.06 bits per heavy atom. The number of ether oxygens (including phenoxy) is 1. The maximum Gasteiger partial charge on any atom is 0.347 e. The summed E-state index contributed by atoms with van der Waals surface area (Å²) in [7, 11) is 1.53. The molecule has 0 amide bonds. The molecule has 0 fully saturated rings. The van der Waals surface area contributed by atoms with E-state index in [1.165, 1.54) is 12.0 Å². The van der Waals surface area contributed by atoms with Gasteiger partial charge in [0.25, 0.3) is 5.56 Å². The summed E-state index contributed by atoms with van der Waals surface area (Å²) in [6.45, 7) is 6.81. The van der Waals surface area contributed by atoms with Gasteiger partial charge in [-0.05, 0) is 48.3 Å². The first-order valence-corrected chi connectivity index (χ1v) is 11.2. The van der Waals surface area contributed by atoms with Crippen LogP contribution in [0, 0.1) is 11.3 Å². The van der Waals surface area contributed by atoms with Crippen LogP contribution < -0.4 is 15.9 Å². The van der Waals surface area contributed by atoms with Crippen molar-refractivity contribution in [1.29, 1.82) is 0 Å². The molecule has 1 N–H and O–H groups in total. The molecular formula is C24H24N2O4S. The number of hydrogen-bond donors (Lipinski definition) is 1. The Morgan fingerprint density at radius 1 is 1.26 bits per heavy atom. The summed E-state index contributed by atoms with van der Waals surface area (Å²) in [6, 6.07) is 7.08. The average Bonchev–Trinajstić information content (AvgIpc) is 3.10. The summed E-state index contributed by atoms with van der Waals surface area (Å²) in [5.74, 6) is 1.30. The van der Waals surface area contributed by atoms with Crippen molar-refractivity contribution < 1.29 is 9.15 Å². The van der Waals surface area contributed by atoms with Crippen molar-refractivity contribution in [1.82, 2.24) is 9.97 Å². The highest BCUT2D eigenvalue weighted by molar-refractivity contribution is 7.18. The largest absolute Gasteiger partial charge is 0.493 e. The van der Waals surface area contributed by atoms with E-state index in [-0.39, 0.29) is 22.4 Å². The smallest absolute Gasteiger partial charge is 0.347 e.